The Morgan fingerprint density at radius 2 is 2.25 bits per heavy atom. The van der Waals surface area contributed by atoms with E-state index in [1.54, 1.807) is 17.8 Å². The molecule has 0 radical (unpaired) electrons. The van der Waals surface area contributed by atoms with Gasteiger partial charge in [-0.05, 0) is 17.9 Å². The van der Waals surface area contributed by atoms with Crippen molar-refractivity contribution in [3.63, 3.8) is 0 Å². The van der Waals surface area contributed by atoms with Gasteiger partial charge in [-0.25, -0.2) is 0 Å². The van der Waals surface area contributed by atoms with Crippen LogP contribution in [0.3, 0.4) is 0 Å². The fourth-order valence-corrected chi connectivity index (χ4v) is 1.76. The second-order valence-corrected chi connectivity index (χ2v) is 3.75. The Morgan fingerprint density at radius 3 is 2.83 bits per heavy atom. The molecule has 4 heteroatoms. The van der Waals surface area contributed by atoms with Crippen LogP contribution in [-0.2, 0) is 5.75 Å². The zero-order valence-electron chi connectivity index (χ0n) is 6.71. The zero-order valence-corrected chi connectivity index (χ0v) is 8.28. The van der Waals surface area contributed by atoms with Crippen LogP contribution in [0.5, 0.6) is 0 Å². The summed E-state index contributed by atoms with van der Waals surface area (Å²) in [5, 5.41) is 11.1. The molecule has 1 rings (SSSR count). The van der Waals surface area contributed by atoms with E-state index >= 15 is 0 Å². The third-order valence-electron chi connectivity index (χ3n) is 1.43. The molecule has 1 aromatic rings. The molecule has 0 bridgehead atoms. The van der Waals surface area contributed by atoms with Gasteiger partial charge in [-0.2, -0.15) is 11.8 Å². The molecule has 0 aliphatic carbocycles. The summed E-state index contributed by atoms with van der Waals surface area (Å²) in [6.07, 6.45) is 2.02. The summed E-state index contributed by atoms with van der Waals surface area (Å²) in [5.41, 5.74) is 2.55. The highest BCUT2D eigenvalue weighted by molar-refractivity contribution is 7.97. The van der Waals surface area contributed by atoms with E-state index in [0.717, 1.165) is 16.8 Å². The summed E-state index contributed by atoms with van der Waals surface area (Å²) < 4.78 is 0. The lowest BCUT2D eigenvalue weighted by molar-refractivity contribution is -0.497. The molecule has 0 aromatic heterocycles. The quantitative estimate of drug-likeness (QED) is 0.602. The number of nitrogens with two attached hydrogens (primary N) is 1. The minimum atomic E-state index is 0.628. The van der Waals surface area contributed by atoms with Crippen LogP contribution >= 0.6 is 23.4 Å². The minimum absolute atomic E-state index is 0.628. The van der Waals surface area contributed by atoms with Crippen molar-refractivity contribution in [3.05, 3.63) is 34.0 Å². The third-order valence-corrected chi connectivity index (χ3v) is 2.27. The summed E-state index contributed by atoms with van der Waals surface area (Å²) in [7, 11) is 0. The molecule has 0 saturated heterocycles. The van der Waals surface area contributed by atoms with Gasteiger partial charge in [-0.15, -0.1) is 0 Å². The summed E-state index contributed by atoms with van der Waals surface area (Å²) in [4.78, 5) is 0. The summed E-state index contributed by atoms with van der Waals surface area (Å²) in [6.45, 7) is 0. The molecule has 0 atom stereocenters. The van der Waals surface area contributed by atoms with Gasteiger partial charge in [0, 0.05) is 22.9 Å². The third kappa shape index (κ3) is 2.68. The highest BCUT2D eigenvalue weighted by atomic mass is 35.5. The van der Waals surface area contributed by atoms with Crippen LogP contribution in [0.1, 0.15) is 5.56 Å². The summed E-state index contributed by atoms with van der Waals surface area (Å²) in [5.74, 6) is 0.890. The number of benzene rings is 1. The van der Waals surface area contributed by atoms with Crippen molar-refractivity contribution in [3.8, 4) is 0 Å². The van der Waals surface area contributed by atoms with Gasteiger partial charge < -0.3 is 10.7 Å². The van der Waals surface area contributed by atoms with Gasteiger partial charge in [0.25, 0.3) is 0 Å². The molecule has 12 heavy (non-hydrogen) atoms. The second kappa shape index (κ2) is 4.72. The fourth-order valence-electron chi connectivity index (χ4n) is 0.993. The van der Waals surface area contributed by atoms with Gasteiger partial charge in [-0.3, -0.25) is 0 Å². The number of rotatable bonds is 3. The predicted molar refractivity (Wildman–Crippen MR) is 53.6 cm³/mol. The number of thioether (sulfide) groups is 1. The molecular weight excluding hydrogens is 194 g/mol. The van der Waals surface area contributed by atoms with Crippen molar-refractivity contribution in [2.45, 2.75) is 5.75 Å². The van der Waals surface area contributed by atoms with Crippen LogP contribution < -0.4 is 5.48 Å². The summed E-state index contributed by atoms with van der Waals surface area (Å²) >= 11 is 7.50. The Balaban J connectivity index is 2.90. The van der Waals surface area contributed by atoms with Crippen molar-refractivity contribution >= 4 is 29.1 Å². The van der Waals surface area contributed by atoms with E-state index in [4.69, 9.17) is 11.6 Å². The Morgan fingerprint density at radius 1 is 1.50 bits per heavy atom. The smallest absolute Gasteiger partial charge is 0.131 e. The van der Waals surface area contributed by atoms with Crippen LogP contribution in [0, 0.1) is 5.21 Å². The lowest BCUT2D eigenvalue weighted by Crippen LogP contribution is -2.70. The van der Waals surface area contributed by atoms with Crippen molar-refractivity contribution < 1.29 is 5.48 Å². The van der Waals surface area contributed by atoms with E-state index in [9.17, 15) is 5.21 Å². The average Bonchev–Trinajstić information content (AvgIpc) is 2.04. The molecule has 0 heterocycles. The molecule has 2 nitrogen and oxygen atoms in total. The number of hydrogen-bond acceptors (Lipinski definition) is 2. The first-order valence-corrected chi connectivity index (χ1v) is 5.27. The van der Waals surface area contributed by atoms with Crippen molar-refractivity contribution in [1.82, 2.24) is 0 Å². The maximum Gasteiger partial charge on any atom is 0.131 e. The lowest BCUT2D eigenvalue weighted by Gasteiger charge is -2.04. The standard InChI is InChI=1S/C8H10ClNOS/c1-12-5-6-2-7(9)4-8(3-6)10-11/h2-4H,5,10H2,1H3. The Bertz CT molecular complexity index is 267. The maximum atomic E-state index is 10.4. The first-order valence-electron chi connectivity index (χ1n) is 3.50. The van der Waals surface area contributed by atoms with E-state index < -0.39 is 0 Å². The molecule has 0 saturated carbocycles. The van der Waals surface area contributed by atoms with E-state index in [1.807, 2.05) is 18.4 Å². The largest absolute Gasteiger partial charge is 0.630 e. The van der Waals surface area contributed by atoms with E-state index in [1.165, 1.54) is 0 Å². The number of halogens is 1. The van der Waals surface area contributed by atoms with Crippen LogP contribution in [0.25, 0.3) is 0 Å². The molecule has 0 amide bonds. The molecule has 0 aliphatic heterocycles. The molecule has 0 fully saturated rings. The van der Waals surface area contributed by atoms with Crippen LogP contribution in [-0.4, -0.2) is 6.26 Å². The maximum absolute atomic E-state index is 10.4. The van der Waals surface area contributed by atoms with E-state index in [0.29, 0.717) is 10.7 Å². The number of quaternary nitrogens is 1. The highest BCUT2D eigenvalue weighted by Gasteiger charge is 1.99. The van der Waals surface area contributed by atoms with Crippen molar-refractivity contribution in [1.29, 1.82) is 0 Å². The van der Waals surface area contributed by atoms with Crippen LogP contribution in [0.4, 0.5) is 5.69 Å². The monoisotopic (exact) mass is 203 g/mol. The lowest BCUT2D eigenvalue weighted by atomic mass is 10.2. The Hall–Kier alpha value is -0.220. The molecule has 0 spiro atoms. The molecule has 66 valence electrons. The van der Waals surface area contributed by atoms with Gasteiger partial charge in [-0.1, -0.05) is 11.6 Å². The van der Waals surface area contributed by atoms with Crippen molar-refractivity contribution in [2.75, 3.05) is 6.26 Å². The first kappa shape index (κ1) is 9.86. The predicted octanol–water partition coefficient (Wildman–Crippen LogP) is 1.90. The molecule has 0 aliphatic rings. The van der Waals surface area contributed by atoms with Crippen molar-refractivity contribution in [2.24, 2.45) is 0 Å². The van der Waals surface area contributed by atoms with Crippen LogP contribution in [0.2, 0.25) is 5.02 Å². The minimum Gasteiger partial charge on any atom is -0.630 e. The van der Waals surface area contributed by atoms with Gasteiger partial charge in [0.05, 0.1) is 0 Å². The molecular formula is C8H10ClNOS. The molecule has 2 N–H and O–H groups in total. The number of hydrogen-bond donors (Lipinski definition) is 1. The molecule has 1 aromatic carbocycles. The SMILES string of the molecule is CSCc1cc(Cl)cc([NH2+][O-])c1. The van der Waals surface area contributed by atoms with Gasteiger partial charge in [0.2, 0.25) is 0 Å². The Kier molecular flexibility index (Phi) is 3.88. The topological polar surface area (TPSA) is 39.7 Å². The van der Waals surface area contributed by atoms with Gasteiger partial charge in [0.15, 0.2) is 0 Å². The second-order valence-electron chi connectivity index (χ2n) is 2.44. The molecule has 0 unspecified atom stereocenters. The first-order chi connectivity index (χ1) is 5.76. The highest BCUT2D eigenvalue weighted by Crippen LogP contribution is 2.18. The fraction of sp³-hybridized carbons (Fsp3) is 0.250. The van der Waals surface area contributed by atoms with E-state index in [-0.39, 0.29) is 0 Å². The van der Waals surface area contributed by atoms with E-state index in [2.05, 4.69) is 0 Å². The average molecular weight is 204 g/mol. The zero-order chi connectivity index (χ0) is 8.97. The summed E-state index contributed by atoms with van der Waals surface area (Å²) in [6, 6.07) is 5.40. The Labute approximate surface area is 80.9 Å². The van der Waals surface area contributed by atoms with Gasteiger partial charge >= 0.3 is 0 Å². The van der Waals surface area contributed by atoms with Crippen LogP contribution in [0.15, 0.2) is 18.2 Å². The normalized spacial score (nSPS) is 10.2. The van der Waals surface area contributed by atoms with Gasteiger partial charge in [0.1, 0.15) is 5.69 Å².